The van der Waals surface area contributed by atoms with Crippen molar-refractivity contribution >= 4 is 16.7 Å². The molecule has 0 amide bonds. The second-order valence-corrected chi connectivity index (χ2v) is 5.52. The van der Waals surface area contributed by atoms with E-state index >= 15 is 0 Å². The quantitative estimate of drug-likeness (QED) is 0.602. The van der Waals surface area contributed by atoms with Gasteiger partial charge >= 0.3 is 0 Å². The number of carbonyl (C=O) groups is 1. The van der Waals surface area contributed by atoms with Gasteiger partial charge in [0, 0.05) is 12.0 Å². The Hall–Kier alpha value is -1.84. The minimum atomic E-state index is -0.724. The SMILES string of the molecule is C#C[S+](C#C)C1CCc2cc(O)ccc2C1=O. The van der Waals surface area contributed by atoms with E-state index in [9.17, 15) is 9.90 Å². The summed E-state index contributed by atoms with van der Waals surface area (Å²) in [6, 6.07) is 4.80. The van der Waals surface area contributed by atoms with Gasteiger partial charge < -0.3 is 5.11 Å². The van der Waals surface area contributed by atoms with Crippen molar-refractivity contribution in [1.82, 2.24) is 0 Å². The Kier molecular flexibility index (Phi) is 3.13. The van der Waals surface area contributed by atoms with Crippen LogP contribution < -0.4 is 0 Å². The lowest BCUT2D eigenvalue weighted by atomic mass is 9.90. The number of fused-ring (bicyclic) bond motifs is 1. The van der Waals surface area contributed by atoms with E-state index in [-0.39, 0.29) is 16.8 Å². The van der Waals surface area contributed by atoms with Gasteiger partial charge in [0.05, 0.1) is 0 Å². The number of hydrogen-bond donors (Lipinski definition) is 1. The van der Waals surface area contributed by atoms with Crippen LogP contribution in [0.25, 0.3) is 0 Å². The van der Waals surface area contributed by atoms with Gasteiger partial charge in [0.1, 0.15) is 5.75 Å². The van der Waals surface area contributed by atoms with E-state index < -0.39 is 10.9 Å². The minimum Gasteiger partial charge on any atom is -0.508 e. The summed E-state index contributed by atoms with van der Waals surface area (Å²) in [5.74, 6) is 0.188. The molecule has 0 heterocycles. The van der Waals surface area contributed by atoms with E-state index in [0.29, 0.717) is 12.0 Å². The predicted octanol–water partition coefficient (Wildman–Crippen LogP) is 1.69. The molecule has 1 aromatic carbocycles. The molecule has 0 aliphatic heterocycles. The average Bonchev–Trinajstić information content (AvgIpc) is 2.33. The lowest BCUT2D eigenvalue weighted by molar-refractivity contribution is 0.0979. The zero-order chi connectivity index (χ0) is 12.4. The molecule has 0 fully saturated rings. The van der Waals surface area contributed by atoms with Crippen LogP contribution in [-0.2, 0) is 17.3 Å². The molecule has 2 nitrogen and oxygen atoms in total. The summed E-state index contributed by atoms with van der Waals surface area (Å²) in [6.45, 7) is 0. The van der Waals surface area contributed by atoms with E-state index in [4.69, 9.17) is 12.8 Å². The van der Waals surface area contributed by atoms with Crippen molar-refractivity contribution in [2.45, 2.75) is 18.1 Å². The smallest absolute Gasteiger partial charge is 0.217 e. The highest BCUT2D eigenvalue weighted by atomic mass is 32.2. The minimum absolute atomic E-state index is 0.00508. The molecule has 1 unspecified atom stereocenters. The second-order valence-electron chi connectivity index (χ2n) is 3.81. The van der Waals surface area contributed by atoms with E-state index in [2.05, 4.69) is 10.5 Å². The van der Waals surface area contributed by atoms with E-state index in [1.807, 2.05) is 0 Å². The van der Waals surface area contributed by atoms with Crippen molar-refractivity contribution in [1.29, 1.82) is 0 Å². The topological polar surface area (TPSA) is 37.3 Å². The number of benzene rings is 1. The van der Waals surface area contributed by atoms with Crippen molar-refractivity contribution < 1.29 is 9.90 Å². The lowest BCUT2D eigenvalue weighted by Crippen LogP contribution is -2.33. The normalized spacial score (nSPS) is 18.3. The van der Waals surface area contributed by atoms with E-state index in [1.165, 1.54) is 6.07 Å². The molecule has 0 bridgehead atoms. The number of terminal acetylenes is 2. The van der Waals surface area contributed by atoms with Crippen LogP contribution in [0.3, 0.4) is 0 Å². The molecule has 17 heavy (non-hydrogen) atoms. The number of aryl methyl sites for hydroxylation is 1. The summed E-state index contributed by atoms with van der Waals surface area (Å²) >= 11 is 0. The van der Waals surface area contributed by atoms with Crippen LogP contribution in [0.2, 0.25) is 0 Å². The Morgan fingerprint density at radius 1 is 1.35 bits per heavy atom. The summed E-state index contributed by atoms with van der Waals surface area (Å²) < 4.78 is 0. The van der Waals surface area contributed by atoms with Crippen molar-refractivity contribution in [2.24, 2.45) is 0 Å². The number of ketones is 1. The number of Topliss-reactive ketones (excluding diaryl/α,β-unsaturated/α-hetero) is 1. The molecule has 0 saturated carbocycles. The second kappa shape index (κ2) is 4.57. The molecule has 3 heteroatoms. The van der Waals surface area contributed by atoms with Gasteiger partial charge in [-0.15, -0.1) is 0 Å². The highest BCUT2D eigenvalue weighted by molar-refractivity contribution is 8.06. The van der Waals surface area contributed by atoms with Gasteiger partial charge in [-0.05, 0) is 30.2 Å². The van der Waals surface area contributed by atoms with Crippen LogP contribution in [-0.4, -0.2) is 16.1 Å². The summed E-state index contributed by atoms with van der Waals surface area (Å²) in [4.78, 5) is 12.2. The maximum Gasteiger partial charge on any atom is 0.217 e. The average molecular weight is 243 g/mol. The van der Waals surface area contributed by atoms with Crippen molar-refractivity contribution in [3.63, 3.8) is 0 Å². The largest absolute Gasteiger partial charge is 0.508 e. The van der Waals surface area contributed by atoms with Crippen molar-refractivity contribution in [2.75, 3.05) is 0 Å². The van der Waals surface area contributed by atoms with Crippen molar-refractivity contribution in [3.05, 3.63) is 29.3 Å². The van der Waals surface area contributed by atoms with Gasteiger partial charge in [0.15, 0.2) is 21.4 Å². The molecule has 2 rings (SSSR count). The molecular formula is C14H11O2S+. The number of hydrogen-bond acceptors (Lipinski definition) is 2. The summed E-state index contributed by atoms with van der Waals surface area (Å²) in [5, 5.41) is 14.1. The molecule has 84 valence electrons. The Morgan fingerprint density at radius 2 is 2.06 bits per heavy atom. The standard InChI is InChI=1S/C14H10O2S/c1-3-17(4-2)13-8-5-10-9-11(15)6-7-12(10)14(13)16/h1-2,6-7,9,13H,5,8H2/p+1. The highest BCUT2D eigenvalue weighted by Crippen LogP contribution is 2.28. The first-order valence-corrected chi connectivity index (χ1v) is 6.48. The van der Waals surface area contributed by atoms with Gasteiger partial charge in [0.2, 0.25) is 11.0 Å². The fourth-order valence-corrected chi connectivity index (χ4v) is 3.13. The Morgan fingerprint density at radius 3 is 2.71 bits per heavy atom. The zero-order valence-corrected chi connectivity index (χ0v) is 9.96. The van der Waals surface area contributed by atoms with E-state index in [0.717, 1.165) is 12.0 Å². The summed E-state index contributed by atoms with van der Waals surface area (Å²) in [7, 11) is -0.724. The van der Waals surface area contributed by atoms with Gasteiger partial charge in [-0.25, -0.2) is 0 Å². The monoisotopic (exact) mass is 243 g/mol. The molecule has 0 spiro atoms. The van der Waals surface area contributed by atoms with Gasteiger partial charge in [-0.2, -0.15) is 0 Å². The Balaban J connectivity index is 2.38. The first kappa shape index (κ1) is 11.6. The predicted molar refractivity (Wildman–Crippen MR) is 69.6 cm³/mol. The fraction of sp³-hybridized carbons (Fsp3) is 0.214. The fourth-order valence-electron chi connectivity index (χ4n) is 2.04. The number of aromatic hydroxyl groups is 1. The van der Waals surface area contributed by atoms with Crippen LogP contribution >= 0.6 is 0 Å². The molecule has 1 aliphatic rings. The van der Waals surface area contributed by atoms with Crippen LogP contribution in [0, 0.1) is 23.4 Å². The van der Waals surface area contributed by atoms with Crippen LogP contribution in [0.15, 0.2) is 18.2 Å². The van der Waals surface area contributed by atoms with Gasteiger partial charge in [0.25, 0.3) is 0 Å². The molecule has 0 saturated heterocycles. The Labute approximate surface area is 103 Å². The highest BCUT2D eigenvalue weighted by Gasteiger charge is 2.40. The third-order valence-corrected chi connectivity index (χ3v) is 4.39. The maximum atomic E-state index is 12.2. The van der Waals surface area contributed by atoms with Crippen LogP contribution in [0.5, 0.6) is 5.75 Å². The summed E-state index contributed by atoms with van der Waals surface area (Å²) in [6.07, 6.45) is 12.1. The zero-order valence-electron chi connectivity index (χ0n) is 9.14. The first-order chi connectivity index (χ1) is 8.17. The van der Waals surface area contributed by atoms with E-state index in [1.54, 1.807) is 12.1 Å². The first-order valence-electron chi connectivity index (χ1n) is 5.19. The molecule has 1 atom stereocenters. The molecule has 1 N–H and O–H groups in total. The number of carbonyl (C=O) groups excluding carboxylic acids is 1. The Bertz CT molecular complexity index is 534. The molecular weight excluding hydrogens is 232 g/mol. The third-order valence-electron chi connectivity index (χ3n) is 2.86. The van der Waals surface area contributed by atoms with Crippen LogP contribution in [0.4, 0.5) is 0 Å². The molecule has 1 aromatic rings. The molecule has 0 aromatic heterocycles. The van der Waals surface area contributed by atoms with Crippen molar-refractivity contribution in [3.8, 4) is 29.1 Å². The number of rotatable bonds is 1. The van der Waals surface area contributed by atoms with Crippen LogP contribution in [0.1, 0.15) is 22.3 Å². The summed E-state index contributed by atoms with van der Waals surface area (Å²) in [5.41, 5.74) is 1.52. The molecule has 0 radical (unpaired) electrons. The third kappa shape index (κ3) is 2.02. The number of phenolic OH excluding ortho intramolecular Hbond substituents is 1. The lowest BCUT2D eigenvalue weighted by Gasteiger charge is -2.18. The van der Waals surface area contributed by atoms with Gasteiger partial charge in [-0.1, -0.05) is 12.8 Å². The van der Waals surface area contributed by atoms with Gasteiger partial charge in [-0.3, -0.25) is 4.79 Å². The number of phenols is 1. The maximum absolute atomic E-state index is 12.2. The molecule has 1 aliphatic carbocycles.